The molecule has 0 aromatic rings. The largest absolute Gasteiger partial charge is 0.389 e. The number of aliphatic hydroxyl groups is 2. The average molecular weight is 215 g/mol. The molecule has 1 heterocycles. The molecule has 1 aliphatic heterocycles. The first kappa shape index (κ1) is 12.9. The van der Waals surface area contributed by atoms with Crippen LogP contribution in [0.5, 0.6) is 0 Å². The molecule has 3 nitrogen and oxygen atoms in total. The van der Waals surface area contributed by atoms with Crippen LogP contribution in [0.25, 0.3) is 0 Å². The zero-order chi connectivity index (χ0) is 11.7. The molecule has 0 radical (unpaired) electrons. The van der Waals surface area contributed by atoms with E-state index in [4.69, 9.17) is 0 Å². The van der Waals surface area contributed by atoms with Gasteiger partial charge in [0.05, 0.1) is 11.7 Å². The second kappa shape index (κ2) is 4.40. The number of hydrogen-bond acceptors (Lipinski definition) is 3. The maximum absolute atomic E-state index is 10.1. The molecule has 0 aromatic carbocycles. The Hall–Kier alpha value is -0.120. The summed E-state index contributed by atoms with van der Waals surface area (Å²) in [5, 5.41) is 20.0. The summed E-state index contributed by atoms with van der Waals surface area (Å²) in [6.07, 6.45) is 0.719. The Kier molecular flexibility index (Phi) is 3.80. The van der Waals surface area contributed by atoms with Gasteiger partial charge in [-0.2, -0.15) is 0 Å². The predicted molar refractivity (Wildman–Crippen MR) is 61.8 cm³/mol. The van der Waals surface area contributed by atoms with Crippen molar-refractivity contribution in [1.29, 1.82) is 0 Å². The molecule has 3 heteroatoms. The van der Waals surface area contributed by atoms with Crippen LogP contribution < -0.4 is 0 Å². The van der Waals surface area contributed by atoms with E-state index in [0.717, 1.165) is 13.1 Å². The zero-order valence-corrected chi connectivity index (χ0v) is 10.5. The van der Waals surface area contributed by atoms with Crippen molar-refractivity contribution in [2.24, 2.45) is 5.41 Å². The molecule has 1 saturated heterocycles. The van der Waals surface area contributed by atoms with Crippen LogP contribution in [-0.4, -0.2) is 46.5 Å². The Morgan fingerprint density at radius 2 is 2.00 bits per heavy atom. The van der Waals surface area contributed by atoms with Gasteiger partial charge in [0.1, 0.15) is 0 Å². The van der Waals surface area contributed by atoms with Crippen LogP contribution in [-0.2, 0) is 0 Å². The number of piperidine rings is 1. The number of β-amino-alcohol motifs (C(OH)–C–C–N with tert-alkyl or cyclic N) is 1. The highest BCUT2D eigenvalue weighted by Gasteiger charge is 2.39. The van der Waals surface area contributed by atoms with Gasteiger partial charge in [0, 0.05) is 19.6 Å². The molecule has 2 atom stereocenters. The van der Waals surface area contributed by atoms with Gasteiger partial charge in [-0.3, -0.25) is 0 Å². The molecule has 0 bridgehead atoms. The van der Waals surface area contributed by atoms with Crippen molar-refractivity contribution in [1.82, 2.24) is 4.90 Å². The SMILES string of the molecule is CCC1(O)CCN(CC(C)(C)C)CC1O. The van der Waals surface area contributed by atoms with Crippen LogP contribution in [0, 0.1) is 5.41 Å². The standard InChI is InChI=1S/C12H25NO2/c1-5-12(15)6-7-13(8-10(12)14)9-11(2,3)4/h10,14-15H,5-9H2,1-4H3. The quantitative estimate of drug-likeness (QED) is 0.728. The van der Waals surface area contributed by atoms with Crippen molar-refractivity contribution in [3.63, 3.8) is 0 Å². The lowest BCUT2D eigenvalue weighted by Crippen LogP contribution is -2.56. The first-order valence-corrected chi connectivity index (χ1v) is 5.90. The summed E-state index contributed by atoms with van der Waals surface area (Å²) in [4.78, 5) is 2.24. The van der Waals surface area contributed by atoms with Gasteiger partial charge >= 0.3 is 0 Å². The van der Waals surface area contributed by atoms with E-state index in [1.807, 2.05) is 6.92 Å². The number of rotatable bonds is 2. The fourth-order valence-corrected chi connectivity index (χ4v) is 2.25. The topological polar surface area (TPSA) is 43.7 Å². The van der Waals surface area contributed by atoms with Crippen molar-refractivity contribution in [2.75, 3.05) is 19.6 Å². The number of nitrogens with zero attached hydrogens (tertiary/aromatic N) is 1. The molecule has 1 rings (SSSR count). The van der Waals surface area contributed by atoms with Crippen molar-refractivity contribution < 1.29 is 10.2 Å². The third kappa shape index (κ3) is 3.44. The summed E-state index contributed by atoms with van der Waals surface area (Å²) in [7, 11) is 0. The average Bonchev–Trinajstić information content (AvgIpc) is 2.09. The third-order valence-corrected chi connectivity index (χ3v) is 3.22. The van der Waals surface area contributed by atoms with Gasteiger partial charge in [-0.05, 0) is 18.3 Å². The van der Waals surface area contributed by atoms with E-state index in [1.54, 1.807) is 0 Å². The second-order valence-electron chi connectivity index (χ2n) is 6.02. The monoisotopic (exact) mass is 215 g/mol. The van der Waals surface area contributed by atoms with Crippen LogP contribution >= 0.6 is 0 Å². The van der Waals surface area contributed by atoms with E-state index in [-0.39, 0.29) is 5.41 Å². The summed E-state index contributed by atoms with van der Waals surface area (Å²) in [5.74, 6) is 0. The minimum Gasteiger partial charge on any atom is -0.389 e. The van der Waals surface area contributed by atoms with E-state index in [0.29, 0.717) is 19.4 Å². The molecule has 0 amide bonds. The van der Waals surface area contributed by atoms with Gasteiger partial charge in [0.15, 0.2) is 0 Å². The maximum Gasteiger partial charge on any atom is 0.0953 e. The van der Waals surface area contributed by atoms with Gasteiger partial charge in [0.2, 0.25) is 0 Å². The van der Waals surface area contributed by atoms with Crippen molar-refractivity contribution >= 4 is 0 Å². The lowest BCUT2D eigenvalue weighted by atomic mass is 9.85. The molecular weight excluding hydrogens is 190 g/mol. The highest BCUT2D eigenvalue weighted by atomic mass is 16.3. The lowest BCUT2D eigenvalue weighted by molar-refractivity contribution is -0.123. The Balaban J connectivity index is 2.51. The van der Waals surface area contributed by atoms with Crippen LogP contribution in [0.4, 0.5) is 0 Å². The van der Waals surface area contributed by atoms with Crippen molar-refractivity contribution in [3.8, 4) is 0 Å². The number of aliphatic hydroxyl groups excluding tert-OH is 1. The normalized spacial score (nSPS) is 34.4. The first-order valence-electron chi connectivity index (χ1n) is 5.90. The van der Waals surface area contributed by atoms with E-state index in [1.165, 1.54) is 0 Å². The highest BCUT2D eigenvalue weighted by Crippen LogP contribution is 2.27. The summed E-state index contributed by atoms with van der Waals surface area (Å²) in [6, 6.07) is 0. The van der Waals surface area contributed by atoms with E-state index >= 15 is 0 Å². The number of likely N-dealkylation sites (tertiary alicyclic amines) is 1. The first-order chi connectivity index (χ1) is 6.77. The predicted octanol–water partition coefficient (Wildman–Crippen LogP) is 1.24. The Bertz CT molecular complexity index is 212. The molecule has 1 aliphatic rings. The van der Waals surface area contributed by atoms with Crippen molar-refractivity contribution in [2.45, 2.75) is 52.2 Å². The number of hydrogen-bond donors (Lipinski definition) is 2. The fraction of sp³-hybridized carbons (Fsp3) is 1.00. The third-order valence-electron chi connectivity index (χ3n) is 3.22. The molecule has 2 N–H and O–H groups in total. The Morgan fingerprint density at radius 3 is 2.40 bits per heavy atom. The molecule has 0 aromatic heterocycles. The Labute approximate surface area is 93.1 Å². The smallest absolute Gasteiger partial charge is 0.0953 e. The molecule has 0 saturated carbocycles. The zero-order valence-electron chi connectivity index (χ0n) is 10.5. The minimum atomic E-state index is -0.853. The van der Waals surface area contributed by atoms with Crippen LogP contribution in [0.15, 0.2) is 0 Å². The highest BCUT2D eigenvalue weighted by molar-refractivity contribution is 4.93. The molecular formula is C12H25NO2. The summed E-state index contributed by atoms with van der Waals surface area (Å²) in [6.45, 7) is 11.0. The summed E-state index contributed by atoms with van der Waals surface area (Å²) in [5.41, 5.74) is -0.601. The molecule has 1 fully saturated rings. The van der Waals surface area contributed by atoms with Gasteiger partial charge in [-0.15, -0.1) is 0 Å². The molecule has 0 spiro atoms. The van der Waals surface area contributed by atoms with Crippen LogP contribution in [0.3, 0.4) is 0 Å². The van der Waals surface area contributed by atoms with E-state index in [9.17, 15) is 10.2 Å². The molecule has 15 heavy (non-hydrogen) atoms. The second-order valence-corrected chi connectivity index (χ2v) is 6.02. The molecule has 90 valence electrons. The van der Waals surface area contributed by atoms with Crippen LogP contribution in [0.2, 0.25) is 0 Å². The van der Waals surface area contributed by atoms with E-state index < -0.39 is 11.7 Å². The fourth-order valence-electron chi connectivity index (χ4n) is 2.25. The minimum absolute atomic E-state index is 0.251. The Morgan fingerprint density at radius 1 is 1.40 bits per heavy atom. The van der Waals surface area contributed by atoms with E-state index in [2.05, 4.69) is 25.7 Å². The molecule has 0 aliphatic carbocycles. The maximum atomic E-state index is 10.1. The van der Waals surface area contributed by atoms with Gasteiger partial charge in [-0.1, -0.05) is 27.7 Å². The van der Waals surface area contributed by atoms with Crippen LogP contribution in [0.1, 0.15) is 40.5 Å². The van der Waals surface area contributed by atoms with Crippen molar-refractivity contribution in [3.05, 3.63) is 0 Å². The summed E-state index contributed by atoms with van der Waals surface area (Å²) < 4.78 is 0. The van der Waals surface area contributed by atoms with Gasteiger partial charge in [-0.25, -0.2) is 0 Å². The lowest BCUT2D eigenvalue weighted by Gasteiger charge is -2.43. The van der Waals surface area contributed by atoms with Gasteiger partial charge in [0.25, 0.3) is 0 Å². The summed E-state index contributed by atoms with van der Waals surface area (Å²) >= 11 is 0. The molecule has 2 unspecified atom stereocenters. The van der Waals surface area contributed by atoms with Gasteiger partial charge < -0.3 is 15.1 Å².